The Morgan fingerprint density at radius 2 is 1.22 bits per heavy atom. The van der Waals surface area contributed by atoms with E-state index in [-0.39, 0.29) is 42.8 Å². The van der Waals surface area contributed by atoms with Gasteiger partial charge in [-0.25, -0.2) is 8.37 Å². The Bertz CT molecular complexity index is 345. The van der Waals surface area contributed by atoms with Gasteiger partial charge in [-0.15, -0.1) is 6.58 Å². The maximum absolute atomic E-state index is 11.2. The molecule has 0 unspecified atom stereocenters. The van der Waals surface area contributed by atoms with Crippen LogP contribution >= 0.6 is 0 Å². The Kier molecular flexibility index (Phi) is 21.3. The topological polar surface area (TPSA) is 52.6 Å². The second kappa shape index (κ2) is 18.9. The Hall–Kier alpha value is 0.610. The van der Waals surface area contributed by atoms with Crippen molar-refractivity contribution in [2.75, 3.05) is 13.2 Å². The number of rotatable bonds is 17. The molecule has 4 nitrogen and oxygen atoms in total. The normalized spacial score (nSPS) is 11.2. The van der Waals surface area contributed by atoms with Crippen LogP contribution in [0.15, 0.2) is 12.7 Å². The Balaban J connectivity index is 0. The molecule has 0 saturated heterocycles. The van der Waals surface area contributed by atoms with Gasteiger partial charge < -0.3 is 0 Å². The van der Waals surface area contributed by atoms with Crippen molar-refractivity contribution in [2.45, 2.75) is 84.0 Å². The second-order valence-corrected chi connectivity index (χ2v) is 6.98. The van der Waals surface area contributed by atoms with Gasteiger partial charge in [-0.3, -0.25) is 0 Å². The van der Waals surface area contributed by atoms with E-state index in [2.05, 4.69) is 17.7 Å². The molecule has 0 aromatic carbocycles. The van der Waals surface area contributed by atoms with Crippen molar-refractivity contribution >= 4 is 40.0 Å². The monoisotopic (exact) mass is 358 g/mol. The molecule has 0 radical (unpaired) electrons. The summed E-state index contributed by atoms with van der Waals surface area (Å²) in [5, 5.41) is 0. The zero-order valence-electron chi connectivity index (χ0n) is 14.2. The molecular weight excluding hydrogens is 323 g/mol. The van der Waals surface area contributed by atoms with Crippen molar-refractivity contribution in [2.24, 2.45) is 0 Å². The average Bonchev–Trinajstić information content (AvgIpc) is 2.50. The molecule has 0 aromatic rings. The minimum atomic E-state index is -3.83. The first-order valence-electron chi connectivity index (χ1n) is 8.77. The molecule has 0 aromatic heterocycles. The quantitative estimate of drug-likeness (QED) is 0.218. The van der Waals surface area contributed by atoms with Crippen LogP contribution in [0.3, 0.4) is 0 Å². The van der Waals surface area contributed by atoms with Crippen molar-refractivity contribution in [3.8, 4) is 0 Å². The summed E-state index contributed by atoms with van der Waals surface area (Å²) in [5.41, 5.74) is 0. The van der Waals surface area contributed by atoms with Gasteiger partial charge in [0.15, 0.2) is 0 Å². The average molecular weight is 359 g/mol. The fourth-order valence-corrected chi connectivity index (χ4v) is 2.92. The molecule has 23 heavy (non-hydrogen) atoms. The van der Waals surface area contributed by atoms with E-state index in [1.807, 2.05) is 0 Å². The summed E-state index contributed by atoms with van der Waals surface area (Å²) >= 11 is 0. The van der Waals surface area contributed by atoms with Crippen molar-refractivity contribution in [3.63, 3.8) is 0 Å². The summed E-state index contributed by atoms with van der Waals surface area (Å²) in [4.78, 5) is 0. The van der Waals surface area contributed by atoms with Crippen LogP contribution in [-0.4, -0.2) is 51.2 Å². The minimum absolute atomic E-state index is 0. The molecule has 0 bridgehead atoms. The first kappa shape index (κ1) is 25.8. The summed E-state index contributed by atoms with van der Waals surface area (Å²) in [6, 6.07) is 0. The van der Waals surface area contributed by atoms with Crippen molar-refractivity contribution < 1.29 is 16.8 Å². The summed E-state index contributed by atoms with van der Waals surface area (Å²) in [5.74, 6) is 0. The van der Waals surface area contributed by atoms with E-state index in [1.165, 1.54) is 63.9 Å². The Morgan fingerprint density at radius 3 is 1.65 bits per heavy atom. The van der Waals surface area contributed by atoms with E-state index in [0.717, 1.165) is 19.3 Å². The summed E-state index contributed by atoms with van der Waals surface area (Å²) < 4.78 is 31.6. The van der Waals surface area contributed by atoms with Gasteiger partial charge in [0.25, 0.3) is 0 Å². The van der Waals surface area contributed by atoms with Crippen LogP contribution in [0.25, 0.3) is 0 Å². The van der Waals surface area contributed by atoms with Crippen LogP contribution in [0.4, 0.5) is 0 Å². The van der Waals surface area contributed by atoms with Gasteiger partial charge in [-0.05, 0) is 6.42 Å². The van der Waals surface area contributed by atoms with Crippen molar-refractivity contribution in [3.05, 3.63) is 12.7 Å². The van der Waals surface area contributed by atoms with Crippen LogP contribution in [0.2, 0.25) is 0 Å². The zero-order valence-corrected chi connectivity index (χ0v) is 15.0. The van der Waals surface area contributed by atoms with Gasteiger partial charge in [0.1, 0.15) is 0 Å². The fraction of sp³-hybridized carbons (Fsp3) is 0.882. The first-order chi connectivity index (χ1) is 10.6. The standard InChI is InChI=1S/C17H34O4S.Na.H/c1-3-5-6-7-8-9-10-11-12-13-14-15-17-21-22(18,19)20-16-4-2;;/h4H,2-3,5-17H2,1H3;;. The van der Waals surface area contributed by atoms with E-state index in [0.29, 0.717) is 0 Å². The molecule has 0 fully saturated rings. The number of hydrogen-bond acceptors (Lipinski definition) is 4. The molecule has 134 valence electrons. The fourth-order valence-electron chi connectivity index (χ4n) is 2.27. The van der Waals surface area contributed by atoms with E-state index >= 15 is 0 Å². The van der Waals surface area contributed by atoms with E-state index in [1.54, 1.807) is 0 Å². The van der Waals surface area contributed by atoms with E-state index < -0.39 is 10.4 Å². The Labute approximate surface area is 166 Å². The van der Waals surface area contributed by atoms with Crippen LogP contribution in [0.1, 0.15) is 84.0 Å². The molecule has 0 aliphatic rings. The predicted octanol–water partition coefficient (Wildman–Crippen LogP) is 4.50. The molecule has 0 rings (SSSR count). The predicted molar refractivity (Wildman–Crippen MR) is 99.2 cm³/mol. The molecular formula is C17H35NaO4S. The van der Waals surface area contributed by atoms with Gasteiger partial charge in [0.05, 0.1) is 13.2 Å². The van der Waals surface area contributed by atoms with Gasteiger partial charge in [0, 0.05) is 0 Å². The molecule has 6 heteroatoms. The summed E-state index contributed by atoms with van der Waals surface area (Å²) in [6.07, 6.45) is 16.3. The Morgan fingerprint density at radius 1 is 0.783 bits per heavy atom. The van der Waals surface area contributed by atoms with E-state index in [9.17, 15) is 8.42 Å². The SMILES string of the molecule is C=CCOS(=O)(=O)OCCCCCCCCCCCCCC.[NaH]. The zero-order chi connectivity index (χ0) is 16.5. The van der Waals surface area contributed by atoms with Gasteiger partial charge >= 0.3 is 40.0 Å². The third kappa shape index (κ3) is 20.6. The van der Waals surface area contributed by atoms with Crippen LogP contribution in [-0.2, 0) is 18.8 Å². The van der Waals surface area contributed by atoms with Gasteiger partial charge in [-0.2, -0.15) is 8.42 Å². The van der Waals surface area contributed by atoms with Gasteiger partial charge in [0.2, 0.25) is 0 Å². The molecule has 0 spiro atoms. The first-order valence-corrected chi connectivity index (χ1v) is 10.1. The summed E-state index contributed by atoms with van der Waals surface area (Å²) in [6.45, 7) is 5.80. The molecule has 0 aliphatic heterocycles. The third-order valence-electron chi connectivity index (χ3n) is 3.56. The molecule has 0 aliphatic carbocycles. The number of unbranched alkanes of at least 4 members (excludes halogenated alkanes) is 11. The molecule has 0 amide bonds. The molecule has 0 N–H and O–H groups in total. The van der Waals surface area contributed by atoms with Crippen LogP contribution in [0, 0.1) is 0 Å². The molecule has 0 saturated carbocycles. The molecule has 0 heterocycles. The van der Waals surface area contributed by atoms with E-state index in [4.69, 9.17) is 4.18 Å². The van der Waals surface area contributed by atoms with Crippen LogP contribution < -0.4 is 0 Å². The molecule has 0 atom stereocenters. The maximum atomic E-state index is 11.2. The van der Waals surface area contributed by atoms with Gasteiger partial charge in [-0.1, -0.05) is 83.6 Å². The number of hydrogen-bond donors (Lipinski definition) is 0. The van der Waals surface area contributed by atoms with Crippen LogP contribution in [0.5, 0.6) is 0 Å². The second-order valence-electron chi connectivity index (χ2n) is 5.69. The summed E-state index contributed by atoms with van der Waals surface area (Å²) in [7, 11) is -3.83. The van der Waals surface area contributed by atoms with Crippen molar-refractivity contribution in [1.29, 1.82) is 0 Å². The van der Waals surface area contributed by atoms with Crippen molar-refractivity contribution in [1.82, 2.24) is 0 Å². The third-order valence-corrected chi connectivity index (χ3v) is 4.44.